The molecule has 2 aromatic rings. The van der Waals surface area contributed by atoms with Crippen molar-refractivity contribution in [2.24, 2.45) is 4.99 Å². The van der Waals surface area contributed by atoms with Crippen LogP contribution in [-0.2, 0) is 4.79 Å². The Morgan fingerprint density at radius 1 is 1.33 bits per heavy atom. The molecule has 0 aliphatic rings. The van der Waals surface area contributed by atoms with Crippen LogP contribution in [0.5, 0.6) is 0 Å². The first-order valence-electron chi connectivity index (χ1n) is 3.28. The first kappa shape index (κ1) is 6.69. The van der Waals surface area contributed by atoms with Crippen LogP contribution in [0.2, 0.25) is 0 Å². The third-order valence-electron chi connectivity index (χ3n) is 1.47. The third-order valence-corrected chi connectivity index (χ3v) is 1.47. The Kier molecular flexibility index (Phi) is 1.43. The molecule has 0 aliphatic carbocycles. The number of rotatable bonds is 1. The summed E-state index contributed by atoms with van der Waals surface area (Å²) in [5.41, 5.74) is 1.97. The normalized spacial score (nSPS) is 9.67. The number of nitrogens with zero attached hydrogens (tertiary/aromatic N) is 3. The van der Waals surface area contributed by atoms with Gasteiger partial charge in [-0.2, -0.15) is 20.4 Å². The van der Waals surface area contributed by atoms with Crippen LogP contribution in [0, 0.1) is 0 Å². The van der Waals surface area contributed by atoms with Crippen molar-refractivity contribution in [3.8, 4) is 0 Å². The second-order valence-electron chi connectivity index (χ2n) is 2.20. The van der Waals surface area contributed by atoms with E-state index in [4.69, 9.17) is 0 Å². The second kappa shape index (κ2) is 2.56. The van der Waals surface area contributed by atoms with Crippen LogP contribution >= 0.6 is 0 Å². The number of hydrogen-bond acceptors (Lipinski definition) is 4. The number of aromatic nitrogens is 3. The van der Waals surface area contributed by atoms with Crippen LogP contribution in [0.1, 0.15) is 0 Å². The van der Waals surface area contributed by atoms with Crippen molar-refractivity contribution in [3.05, 3.63) is 18.2 Å². The second-order valence-corrected chi connectivity index (χ2v) is 2.20. The molecule has 0 saturated heterocycles. The molecule has 0 saturated carbocycles. The summed E-state index contributed by atoms with van der Waals surface area (Å²) in [4.78, 5) is 13.4. The maximum absolute atomic E-state index is 9.91. The van der Waals surface area contributed by atoms with Gasteiger partial charge in [0.25, 0.3) is 0 Å². The van der Waals surface area contributed by atoms with Crippen molar-refractivity contribution in [3.63, 3.8) is 0 Å². The van der Waals surface area contributed by atoms with E-state index in [2.05, 4.69) is 20.4 Å². The average molecular weight is 160 g/mol. The summed E-state index contributed by atoms with van der Waals surface area (Å²) in [6.07, 6.45) is 1.46. The van der Waals surface area contributed by atoms with Gasteiger partial charge < -0.3 is 0 Å². The Labute approximate surface area is 67.1 Å². The number of aliphatic imine (C=N–C) groups is 1. The quantitative estimate of drug-likeness (QED) is 0.498. The largest absolute Gasteiger partial charge is 0.240 e. The van der Waals surface area contributed by atoms with Gasteiger partial charge in [-0.15, -0.1) is 0 Å². The minimum Gasteiger partial charge on any atom is -0.211 e. The lowest BCUT2D eigenvalue weighted by Crippen LogP contribution is -1.68. The molecule has 0 fully saturated rings. The van der Waals surface area contributed by atoms with Crippen LogP contribution < -0.4 is 0 Å². The minimum atomic E-state index is 0.534. The zero-order valence-electron chi connectivity index (χ0n) is 5.98. The molecule has 58 valence electrons. The number of isocyanates is 1. The fraction of sp³-hybridized carbons (Fsp3) is 0. The van der Waals surface area contributed by atoms with E-state index in [9.17, 15) is 4.79 Å². The fourth-order valence-corrected chi connectivity index (χ4v) is 0.951. The number of fused-ring (bicyclic) bond motifs is 1. The van der Waals surface area contributed by atoms with Crippen molar-refractivity contribution in [2.75, 3.05) is 0 Å². The van der Waals surface area contributed by atoms with Gasteiger partial charge in [-0.05, 0) is 18.2 Å². The van der Waals surface area contributed by atoms with Gasteiger partial charge in [-0.25, -0.2) is 4.79 Å². The highest BCUT2D eigenvalue weighted by atomic mass is 16.1. The Bertz CT molecular complexity index is 455. The average Bonchev–Trinajstić information content (AvgIpc) is 2.51. The first-order chi connectivity index (χ1) is 5.90. The van der Waals surface area contributed by atoms with Crippen molar-refractivity contribution in [1.29, 1.82) is 0 Å². The maximum Gasteiger partial charge on any atom is 0.240 e. The van der Waals surface area contributed by atoms with Crippen LogP contribution in [-0.4, -0.2) is 21.5 Å². The number of nitrogens with one attached hydrogen (secondary N) is 1. The number of hydrogen-bond donors (Lipinski definition) is 1. The van der Waals surface area contributed by atoms with Gasteiger partial charge in [0.15, 0.2) is 0 Å². The van der Waals surface area contributed by atoms with Gasteiger partial charge in [0.1, 0.15) is 11.0 Å². The lowest BCUT2D eigenvalue weighted by molar-refractivity contribution is 0.565. The van der Waals surface area contributed by atoms with E-state index in [-0.39, 0.29) is 0 Å². The van der Waals surface area contributed by atoms with E-state index in [0.29, 0.717) is 11.2 Å². The Morgan fingerprint density at radius 3 is 3.00 bits per heavy atom. The monoisotopic (exact) mass is 160 g/mol. The number of benzene rings is 1. The Hall–Kier alpha value is -2.00. The minimum absolute atomic E-state index is 0.534. The molecule has 0 spiro atoms. The van der Waals surface area contributed by atoms with Crippen LogP contribution in [0.3, 0.4) is 0 Å². The molecule has 1 aromatic carbocycles. The van der Waals surface area contributed by atoms with Crippen LogP contribution in [0.15, 0.2) is 23.2 Å². The molecule has 0 aliphatic heterocycles. The van der Waals surface area contributed by atoms with E-state index in [1.54, 1.807) is 18.2 Å². The third kappa shape index (κ3) is 0.980. The summed E-state index contributed by atoms with van der Waals surface area (Å²) in [6, 6.07) is 5.06. The van der Waals surface area contributed by atoms with Gasteiger partial charge in [0.05, 0.1) is 5.69 Å². The molecule has 5 heteroatoms. The summed E-state index contributed by atoms with van der Waals surface area (Å²) >= 11 is 0. The van der Waals surface area contributed by atoms with Crippen molar-refractivity contribution < 1.29 is 4.79 Å². The van der Waals surface area contributed by atoms with E-state index in [1.165, 1.54) is 6.08 Å². The smallest absolute Gasteiger partial charge is 0.211 e. The van der Waals surface area contributed by atoms with E-state index in [0.717, 1.165) is 5.52 Å². The standard InChI is InChI=1S/C7H4N4O/c12-4-8-5-1-2-6-7(3-5)10-11-9-6/h1-3H,(H,9,10,11). The van der Waals surface area contributed by atoms with Gasteiger partial charge in [0.2, 0.25) is 6.08 Å². The summed E-state index contributed by atoms with van der Waals surface area (Å²) in [6.45, 7) is 0. The van der Waals surface area contributed by atoms with Gasteiger partial charge in [-0.1, -0.05) is 0 Å². The summed E-state index contributed by atoms with van der Waals surface area (Å²) in [7, 11) is 0. The number of aromatic amines is 1. The summed E-state index contributed by atoms with van der Waals surface area (Å²) in [5, 5.41) is 10.1. The molecule has 0 atom stereocenters. The van der Waals surface area contributed by atoms with Gasteiger partial charge in [0, 0.05) is 0 Å². The molecule has 12 heavy (non-hydrogen) atoms. The molecule has 0 radical (unpaired) electrons. The highest BCUT2D eigenvalue weighted by Crippen LogP contribution is 2.16. The molecular weight excluding hydrogens is 156 g/mol. The molecule has 5 nitrogen and oxygen atoms in total. The van der Waals surface area contributed by atoms with Gasteiger partial charge in [-0.3, -0.25) is 0 Å². The molecular formula is C7H4N4O. The number of H-pyrrole nitrogens is 1. The molecule has 2 rings (SSSR count). The van der Waals surface area contributed by atoms with Crippen LogP contribution in [0.25, 0.3) is 11.0 Å². The van der Waals surface area contributed by atoms with Crippen molar-refractivity contribution in [2.45, 2.75) is 0 Å². The molecule has 0 unspecified atom stereocenters. The molecule has 1 heterocycles. The molecule has 0 bridgehead atoms. The van der Waals surface area contributed by atoms with E-state index >= 15 is 0 Å². The highest BCUT2D eigenvalue weighted by molar-refractivity contribution is 5.77. The topological polar surface area (TPSA) is 71.0 Å². The van der Waals surface area contributed by atoms with E-state index < -0.39 is 0 Å². The highest BCUT2D eigenvalue weighted by Gasteiger charge is 1.97. The molecule has 0 amide bonds. The first-order valence-corrected chi connectivity index (χ1v) is 3.28. The van der Waals surface area contributed by atoms with Gasteiger partial charge >= 0.3 is 0 Å². The van der Waals surface area contributed by atoms with Crippen molar-refractivity contribution >= 4 is 22.8 Å². The molecule has 1 aromatic heterocycles. The summed E-state index contributed by atoms with van der Waals surface area (Å²) in [5.74, 6) is 0. The Morgan fingerprint density at radius 2 is 2.17 bits per heavy atom. The Balaban J connectivity index is 2.67. The number of carbonyl (C=O) groups excluding carboxylic acids is 1. The van der Waals surface area contributed by atoms with Crippen molar-refractivity contribution in [1.82, 2.24) is 15.4 Å². The SMILES string of the molecule is O=C=Nc1ccc2n[nH]nc2c1. The lowest BCUT2D eigenvalue weighted by atomic mass is 10.3. The van der Waals surface area contributed by atoms with E-state index in [1.807, 2.05) is 0 Å². The predicted molar refractivity (Wildman–Crippen MR) is 41.7 cm³/mol. The zero-order chi connectivity index (χ0) is 8.39. The predicted octanol–water partition coefficient (Wildman–Crippen LogP) is 0.925. The maximum atomic E-state index is 9.91. The summed E-state index contributed by atoms with van der Waals surface area (Å²) < 4.78 is 0. The lowest BCUT2D eigenvalue weighted by Gasteiger charge is -1.86. The van der Waals surface area contributed by atoms with Crippen LogP contribution in [0.4, 0.5) is 5.69 Å². The fourth-order valence-electron chi connectivity index (χ4n) is 0.951. The molecule has 1 N–H and O–H groups in total. The zero-order valence-corrected chi connectivity index (χ0v) is 5.98.